The van der Waals surface area contributed by atoms with Crippen molar-refractivity contribution in [2.75, 3.05) is 46.4 Å². The van der Waals surface area contributed by atoms with Crippen LogP contribution in [-0.4, -0.2) is 74.4 Å². The fraction of sp³-hybridized carbons (Fsp3) is 1.00. The lowest BCUT2D eigenvalue weighted by atomic mass is 10.0. The molecule has 0 bridgehead atoms. The molecular formula is C16H31N3O. The SMILES string of the molecule is CNC1CCCCCC1N1CCC(N2CCOCC2)C1. The van der Waals surface area contributed by atoms with E-state index in [1.165, 1.54) is 51.6 Å². The number of nitrogens with zero attached hydrogens (tertiary/aromatic N) is 2. The molecule has 2 aliphatic heterocycles. The molecule has 116 valence electrons. The summed E-state index contributed by atoms with van der Waals surface area (Å²) in [6, 6.07) is 2.26. The van der Waals surface area contributed by atoms with Gasteiger partial charge in [-0.25, -0.2) is 0 Å². The first kappa shape index (κ1) is 14.8. The fourth-order valence-electron chi connectivity index (χ4n) is 4.37. The van der Waals surface area contributed by atoms with Crippen LogP contribution in [0.15, 0.2) is 0 Å². The third-order valence-electron chi connectivity index (χ3n) is 5.58. The molecule has 0 aromatic rings. The second kappa shape index (κ2) is 7.21. The Kier molecular flexibility index (Phi) is 5.32. The van der Waals surface area contributed by atoms with Gasteiger partial charge in [-0.15, -0.1) is 0 Å². The van der Waals surface area contributed by atoms with E-state index in [0.717, 1.165) is 38.4 Å². The molecule has 0 spiro atoms. The van der Waals surface area contributed by atoms with Crippen molar-refractivity contribution in [3.63, 3.8) is 0 Å². The van der Waals surface area contributed by atoms with Crippen LogP contribution < -0.4 is 5.32 Å². The van der Waals surface area contributed by atoms with Crippen LogP contribution >= 0.6 is 0 Å². The summed E-state index contributed by atoms with van der Waals surface area (Å²) in [5.74, 6) is 0. The van der Waals surface area contributed by atoms with Crippen LogP contribution in [0.2, 0.25) is 0 Å². The monoisotopic (exact) mass is 281 g/mol. The first-order chi connectivity index (χ1) is 9.88. The van der Waals surface area contributed by atoms with E-state index < -0.39 is 0 Å². The fourth-order valence-corrected chi connectivity index (χ4v) is 4.37. The van der Waals surface area contributed by atoms with Gasteiger partial charge in [0.25, 0.3) is 0 Å². The van der Waals surface area contributed by atoms with Gasteiger partial charge in [0.1, 0.15) is 0 Å². The Morgan fingerprint density at radius 1 is 0.900 bits per heavy atom. The van der Waals surface area contributed by atoms with Crippen LogP contribution in [0.1, 0.15) is 38.5 Å². The molecule has 0 aromatic carbocycles. The Bertz CT molecular complexity index is 293. The Hall–Kier alpha value is -0.160. The molecule has 2 saturated heterocycles. The summed E-state index contributed by atoms with van der Waals surface area (Å²) in [6.45, 7) is 6.71. The van der Waals surface area contributed by atoms with E-state index in [-0.39, 0.29) is 0 Å². The summed E-state index contributed by atoms with van der Waals surface area (Å²) >= 11 is 0. The first-order valence-corrected chi connectivity index (χ1v) is 8.61. The maximum absolute atomic E-state index is 5.49. The highest BCUT2D eigenvalue weighted by molar-refractivity contribution is 4.93. The molecule has 1 N–H and O–H groups in total. The minimum atomic E-state index is 0.709. The van der Waals surface area contributed by atoms with Gasteiger partial charge in [-0.05, 0) is 26.3 Å². The molecule has 3 fully saturated rings. The maximum Gasteiger partial charge on any atom is 0.0594 e. The van der Waals surface area contributed by atoms with Crippen molar-refractivity contribution >= 4 is 0 Å². The second-order valence-electron chi connectivity index (χ2n) is 6.69. The van der Waals surface area contributed by atoms with Crippen molar-refractivity contribution in [1.29, 1.82) is 0 Å². The van der Waals surface area contributed by atoms with E-state index in [1.54, 1.807) is 0 Å². The number of likely N-dealkylation sites (tertiary alicyclic amines) is 1. The second-order valence-corrected chi connectivity index (χ2v) is 6.69. The van der Waals surface area contributed by atoms with Gasteiger partial charge in [-0.1, -0.05) is 19.3 Å². The zero-order valence-corrected chi connectivity index (χ0v) is 13.0. The van der Waals surface area contributed by atoms with Crippen LogP contribution in [0.5, 0.6) is 0 Å². The highest BCUT2D eigenvalue weighted by Crippen LogP contribution is 2.27. The van der Waals surface area contributed by atoms with Gasteiger partial charge in [0.15, 0.2) is 0 Å². The van der Waals surface area contributed by atoms with Crippen LogP contribution in [0.3, 0.4) is 0 Å². The first-order valence-electron chi connectivity index (χ1n) is 8.61. The van der Waals surface area contributed by atoms with E-state index in [4.69, 9.17) is 4.74 Å². The largest absolute Gasteiger partial charge is 0.379 e. The normalized spacial score (nSPS) is 38.0. The standard InChI is InChI=1S/C16H31N3O/c1-17-15-5-3-2-4-6-16(15)19-8-7-14(13-19)18-9-11-20-12-10-18/h14-17H,2-13H2,1H3. The number of hydrogen-bond acceptors (Lipinski definition) is 4. The third kappa shape index (κ3) is 3.35. The molecule has 0 amide bonds. The minimum Gasteiger partial charge on any atom is -0.379 e. The van der Waals surface area contributed by atoms with Crippen molar-refractivity contribution in [1.82, 2.24) is 15.1 Å². The average molecular weight is 281 g/mol. The Balaban J connectivity index is 1.57. The predicted molar refractivity (Wildman–Crippen MR) is 82.1 cm³/mol. The molecule has 0 radical (unpaired) electrons. The van der Waals surface area contributed by atoms with Crippen molar-refractivity contribution < 1.29 is 4.74 Å². The maximum atomic E-state index is 5.49. The van der Waals surface area contributed by atoms with Crippen LogP contribution in [0.4, 0.5) is 0 Å². The molecule has 0 aromatic heterocycles. The van der Waals surface area contributed by atoms with E-state index in [1.807, 2.05) is 0 Å². The van der Waals surface area contributed by atoms with Gasteiger partial charge in [-0.2, -0.15) is 0 Å². The lowest BCUT2D eigenvalue weighted by Gasteiger charge is -2.35. The Morgan fingerprint density at radius 3 is 2.50 bits per heavy atom. The number of ether oxygens (including phenoxy) is 1. The van der Waals surface area contributed by atoms with Crippen LogP contribution in [0.25, 0.3) is 0 Å². The molecule has 3 aliphatic rings. The van der Waals surface area contributed by atoms with Gasteiger partial charge in [-0.3, -0.25) is 9.80 Å². The number of likely N-dealkylation sites (N-methyl/N-ethyl adjacent to an activating group) is 1. The van der Waals surface area contributed by atoms with Crippen LogP contribution in [0, 0.1) is 0 Å². The van der Waals surface area contributed by atoms with Gasteiger partial charge < -0.3 is 10.1 Å². The van der Waals surface area contributed by atoms with Crippen molar-refractivity contribution in [2.45, 2.75) is 56.7 Å². The van der Waals surface area contributed by atoms with Gasteiger partial charge >= 0.3 is 0 Å². The van der Waals surface area contributed by atoms with E-state index in [9.17, 15) is 0 Å². The lowest BCUT2D eigenvalue weighted by Crippen LogP contribution is -2.50. The molecule has 1 aliphatic carbocycles. The molecule has 20 heavy (non-hydrogen) atoms. The summed E-state index contributed by atoms with van der Waals surface area (Å²) in [4.78, 5) is 5.45. The molecule has 3 unspecified atom stereocenters. The smallest absolute Gasteiger partial charge is 0.0594 e. The Labute approximate surface area is 123 Å². The molecular weight excluding hydrogens is 250 g/mol. The minimum absolute atomic E-state index is 0.709. The topological polar surface area (TPSA) is 27.7 Å². The molecule has 4 heteroatoms. The molecule has 4 nitrogen and oxygen atoms in total. The van der Waals surface area contributed by atoms with Crippen LogP contribution in [-0.2, 0) is 4.74 Å². The quantitative estimate of drug-likeness (QED) is 0.790. The van der Waals surface area contributed by atoms with E-state index in [2.05, 4.69) is 22.2 Å². The number of morpholine rings is 1. The zero-order valence-electron chi connectivity index (χ0n) is 13.0. The van der Waals surface area contributed by atoms with Gasteiger partial charge in [0.2, 0.25) is 0 Å². The molecule has 2 heterocycles. The van der Waals surface area contributed by atoms with Crippen molar-refractivity contribution in [2.24, 2.45) is 0 Å². The molecule has 3 rings (SSSR count). The molecule has 1 saturated carbocycles. The van der Waals surface area contributed by atoms with Crippen molar-refractivity contribution in [3.8, 4) is 0 Å². The predicted octanol–water partition coefficient (Wildman–Crippen LogP) is 1.31. The van der Waals surface area contributed by atoms with E-state index >= 15 is 0 Å². The number of hydrogen-bond donors (Lipinski definition) is 1. The number of nitrogens with one attached hydrogen (secondary N) is 1. The van der Waals surface area contributed by atoms with Gasteiger partial charge in [0.05, 0.1) is 13.2 Å². The third-order valence-corrected chi connectivity index (χ3v) is 5.58. The molecule has 3 atom stereocenters. The van der Waals surface area contributed by atoms with Gasteiger partial charge in [0, 0.05) is 44.3 Å². The summed E-state index contributed by atoms with van der Waals surface area (Å²) in [5, 5.41) is 3.59. The highest BCUT2D eigenvalue weighted by atomic mass is 16.5. The summed E-state index contributed by atoms with van der Waals surface area (Å²) in [7, 11) is 2.15. The highest BCUT2D eigenvalue weighted by Gasteiger charge is 2.35. The summed E-state index contributed by atoms with van der Waals surface area (Å²) in [6.07, 6.45) is 8.36. The average Bonchev–Trinajstić information content (AvgIpc) is 2.87. The summed E-state index contributed by atoms with van der Waals surface area (Å²) in [5.41, 5.74) is 0. The van der Waals surface area contributed by atoms with E-state index in [0.29, 0.717) is 6.04 Å². The number of rotatable bonds is 3. The Morgan fingerprint density at radius 2 is 1.70 bits per heavy atom. The summed E-state index contributed by atoms with van der Waals surface area (Å²) < 4.78 is 5.49. The van der Waals surface area contributed by atoms with Crippen molar-refractivity contribution in [3.05, 3.63) is 0 Å². The zero-order chi connectivity index (χ0) is 13.8. The lowest BCUT2D eigenvalue weighted by molar-refractivity contribution is 0.0170.